The third-order valence-electron chi connectivity index (χ3n) is 2.45. The summed E-state index contributed by atoms with van der Waals surface area (Å²) >= 11 is 0. The van der Waals surface area contributed by atoms with Crippen molar-refractivity contribution >= 4 is 0 Å². The topological polar surface area (TPSA) is 100 Å². The predicted octanol–water partition coefficient (Wildman–Crippen LogP) is -0.365. The van der Waals surface area contributed by atoms with Gasteiger partial charge < -0.3 is 14.7 Å². The van der Waals surface area contributed by atoms with E-state index in [9.17, 15) is 10.0 Å². The molecule has 0 atom stereocenters. The van der Waals surface area contributed by atoms with Crippen molar-refractivity contribution in [1.82, 2.24) is 9.94 Å². The molecular weight excluding hydrogens is 226 g/mol. The van der Waals surface area contributed by atoms with Gasteiger partial charge in [-0.2, -0.15) is 0 Å². The molecule has 7 nitrogen and oxygen atoms in total. The van der Waals surface area contributed by atoms with Crippen molar-refractivity contribution < 1.29 is 14.7 Å². The molecule has 0 radical (unpaired) electrons. The van der Waals surface area contributed by atoms with Crippen molar-refractivity contribution in [1.29, 1.82) is 5.41 Å². The van der Waals surface area contributed by atoms with Crippen LogP contribution in [0.5, 0.6) is 11.5 Å². The summed E-state index contributed by atoms with van der Waals surface area (Å²) in [7, 11) is 2.65. The number of ether oxygens (including phenoxy) is 2. The Morgan fingerprint density at radius 2 is 2.00 bits per heavy atom. The number of nitrogens with zero attached hydrogens (tertiary/aromatic N) is 1. The first-order valence-electron chi connectivity index (χ1n) is 4.74. The Hall–Kier alpha value is -2.44. The van der Waals surface area contributed by atoms with E-state index in [4.69, 9.17) is 14.9 Å². The molecule has 0 aromatic carbocycles. The van der Waals surface area contributed by atoms with Crippen molar-refractivity contribution in [2.45, 2.75) is 0 Å². The van der Waals surface area contributed by atoms with Gasteiger partial charge in [-0.3, -0.25) is 15.3 Å². The van der Waals surface area contributed by atoms with Crippen LogP contribution in [0.25, 0.3) is 0 Å². The Morgan fingerprint density at radius 3 is 2.59 bits per heavy atom. The van der Waals surface area contributed by atoms with Gasteiger partial charge in [-0.15, -0.1) is 4.85 Å². The van der Waals surface area contributed by atoms with E-state index in [1.54, 1.807) is 0 Å². The molecule has 1 aliphatic heterocycles. The highest BCUT2D eigenvalue weighted by Gasteiger charge is 2.15. The van der Waals surface area contributed by atoms with Crippen LogP contribution in [-0.4, -0.2) is 29.4 Å². The van der Waals surface area contributed by atoms with Crippen LogP contribution in [0.3, 0.4) is 0 Å². The van der Waals surface area contributed by atoms with E-state index in [1.807, 2.05) is 0 Å². The van der Waals surface area contributed by atoms with Gasteiger partial charge in [-0.05, 0) is 6.07 Å². The van der Waals surface area contributed by atoms with Crippen LogP contribution in [0, 0.1) is 16.0 Å². The fourth-order valence-corrected chi connectivity index (χ4v) is 1.70. The summed E-state index contributed by atoms with van der Waals surface area (Å²) in [6, 6.07) is 1.51. The minimum absolute atomic E-state index is 0.0178. The summed E-state index contributed by atoms with van der Waals surface area (Å²) < 4.78 is 9.90. The number of hydrogen-bond acceptors (Lipinski definition) is 5. The number of methoxy groups -OCH3 is 2. The zero-order valence-corrected chi connectivity index (χ0v) is 9.27. The third-order valence-corrected chi connectivity index (χ3v) is 2.45. The van der Waals surface area contributed by atoms with Crippen molar-refractivity contribution in [3.8, 4) is 11.5 Å². The minimum atomic E-state index is -0.547. The molecule has 0 amide bonds. The molecule has 0 aromatic heterocycles. The Kier molecular flexibility index (Phi) is 2.51. The Morgan fingerprint density at radius 1 is 1.35 bits per heavy atom. The maximum absolute atomic E-state index is 12.0. The van der Waals surface area contributed by atoms with Gasteiger partial charge in [-0.1, -0.05) is 0 Å². The molecule has 0 saturated carbocycles. The molecule has 90 valence electrons. The number of aromatic amines is 1. The molecule has 7 heteroatoms. The highest BCUT2D eigenvalue weighted by molar-refractivity contribution is 5.39. The van der Waals surface area contributed by atoms with Gasteiger partial charge in [0.2, 0.25) is 5.75 Å². The minimum Gasteiger partial charge on any atom is -0.491 e. The second-order valence-electron chi connectivity index (χ2n) is 3.31. The maximum Gasteiger partial charge on any atom is 0.253 e. The van der Waals surface area contributed by atoms with Crippen molar-refractivity contribution in [2.75, 3.05) is 14.2 Å². The van der Waals surface area contributed by atoms with Crippen LogP contribution in [0.2, 0.25) is 0 Å². The lowest BCUT2D eigenvalue weighted by Crippen LogP contribution is -2.23. The van der Waals surface area contributed by atoms with Crippen LogP contribution in [-0.2, 0) is 0 Å². The summed E-state index contributed by atoms with van der Waals surface area (Å²) in [5, 5.41) is 20.1. The molecule has 0 spiro atoms. The molecule has 0 unspecified atom stereocenters. The lowest BCUT2D eigenvalue weighted by atomic mass is 10.2. The average Bonchev–Trinajstić information content (AvgIpc) is 2.33. The zero-order chi connectivity index (χ0) is 12.6. The molecule has 3 N–H and O–H groups in total. The van der Waals surface area contributed by atoms with Gasteiger partial charge in [-0.25, -0.2) is 0 Å². The van der Waals surface area contributed by atoms with E-state index in [-0.39, 0.29) is 27.4 Å². The SMILES string of the molecule is COc1c(OC)c(=O)c2n(O)[nH]ccc=2c1=N. The van der Waals surface area contributed by atoms with Crippen LogP contribution in [0.15, 0.2) is 17.1 Å². The molecule has 1 heterocycles. The second kappa shape index (κ2) is 3.85. The van der Waals surface area contributed by atoms with Crippen molar-refractivity contribution in [3.63, 3.8) is 0 Å². The maximum atomic E-state index is 12.0. The summed E-state index contributed by atoms with van der Waals surface area (Å²) in [6.07, 6.45) is 1.41. The first-order valence-corrected chi connectivity index (χ1v) is 4.74. The first kappa shape index (κ1) is 11.1. The van der Waals surface area contributed by atoms with E-state index in [1.165, 1.54) is 26.5 Å². The lowest BCUT2D eigenvalue weighted by Gasteiger charge is -2.08. The number of nitrogens with one attached hydrogen (secondary N) is 2. The second-order valence-corrected chi connectivity index (χ2v) is 3.31. The van der Waals surface area contributed by atoms with E-state index < -0.39 is 5.43 Å². The standard InChI is InChI=1S/C10H11N3O4/c1-16-9-6(11)5-3-4-12-13(15)7(5)8(14)10(9)17-2/h3-4,11-12,15H,1-2H3. The molecule has 0 aromatic rings. The molecule has 0 bridgehead atoms. The largest absolute Gasteiger partial charge is 0.491 e. The van der Waals surface area contributed by atoms with E-state index in [2.05, 4.69) is 5.10 Å². The highest BCUT2D eigenvalue weighted by atomic mass is 16.5. The van der Waals surface area contributed by atoms with Crippen LogP contribution in [0.4, 0.5) is 0 Å². The molecule has 17 heavy (non-hydrogen) atoms. The Balaban J connectivity index is 3.21. The normalized spacial score (nSPS) is 10.5. The third kappa shape index (κ3) is 1.43. The quantitative estimate of drug-likeness (QED) is 0.620. The summed E-state index contributed by atoms with van der Waals surface area (Å²) in [4.78, 5) is 12.6. The van der Waals surface area contributed by atoms with Gasteiger partial charge in [0.15, 0.2) is 11.1 Å². The van der Waals surface area contributed by atoms with Crippen LogP contribution in [0.1, 0.15) is 0 Å². The van der Waals surface area contributed by atoms with Crippen LogP contribution >= 0.6 is 0 Å². The highest BCUT2D eigenvalue weighted by Crippen LogP contribution is 2.16. The molecular formula is C10H11N3O4. The van der Waals surface area contributed by atoms with Gasteiger partial charge in [0.1, 0.15) is 5.36 Å². The number of rotatable bonds is 2. The molecule has 2 aliphatic rings. The van der Waals surface area contributed by atoms with E-state index >= 15 is 0 Å². The van der Waals surface area contributed by atoms with Crippen molar-refractivity contribution in [3.05, 3.63) is 38.4 Å². The molecule has 0 saturated heterocycles. The molecule has 2 rings (SSSR count). The molecule has 0 fully saturated rings. The lowest BCUT2D eigenvalue weighted by molar-refractivity contribution is 0.135. The summed E-state index contributed by atoms with van der Waals surface area (Å²) in [5.41, 5.74) is -0.547. The van der Waals surface area contributed by atoms with E-state index in [0.717, 1.165) is 0 Å². The number of hydrogen-bond donors (Lipinski definition) is 3. The van der Waals surface area contributed by atoms with Gasteiger partial charge in [0.25, 0.3) is 5.43 Å². The Bertz CT molecular complexity index is 731. The number of H-pyrrole nitrogens is 1. The Labute approximate surface area is 94.9 Å². The summed E-state index contributed by atoms with van der Waals surface area (Å²) in [6.45, 7) is 0. The smallest absolute Gasteiger partial charge is 0.253 e. The van der Waals surface area contributed by atoms with Gasteiger partial charge in [0.05, 0.1) is 14.2 Å². The fourth-order valence-electron chi connectivity index (χ4n) is 1.70. The summed E-state index contributed by atoms with van der Waals surface area (Å²) in [5.74, 6) is -0.0522. The average molecular weight is 237 g/mol. The number of aromatic nitrogens is 2. The first-order chi connectivity index (χ1) is 8.11. The van der Waals surface area contributed by atoms with Gasteiger partial charge in [0, 0.05) is 11.4 Å². The monoisotopic (exact) mass is 237 g/mol. The van der Waals surface area contributed by atoms with E-state index in [0.29, 0.717) is 4.85 Å². The van der Waals surface area contributed by atoms with Gasteiger partial charge >= 0.3 is 0 Å². The molecule has 1 aliphatic carbocycles. The zero-order valence-electron chi connectivity index (χ0n) is 9.27. The fraction of sp³-hybridized carbons (Fsp3) is 0.200. The predicted molar refractivity (Wildman–Crippen MR) is 56.5 cm³/mol. The van der Waals surface area contributed by atoms with Crippen molar-refractivity contribution in [2.24, 2.45) is 0 Å². The van der Waals surface area contributed by atoms with Crippen LogP contribution < -0.4 is 20.3 Å².